The minimum atomic E-state index is -0.973. The summed E-state index contributed by atoms with van der Waals surface area (Å²) in [6, 6.07) is 9.98. The Hall–Kier alpha value is -0.918. The first-order valence-electron chi connectivity index (χ1n) is 6.92. The Bertz CT molecular complexity index is 657. The zero-order chi connectivity index (χ0) is 16.5. The standard InChI is InChI=1S/C18H18F3N.U/c1-18(2,3)13-7-5-6-12(8-13)11-22(4)17-15(20)9-14(19)10-16(17)21;/h5,7-10H,4,11H2,1-3H3;/q-2;+2. The van der Waals surface area contributed by atoms with E-state index < -0.39 is 17.5 Å². The fourth-order valence-electron chi connectivity index (χ4n) is 2.20. The molecule has 0 spiro atoms. The number of rotatable bonds is 3. The second-order valence-corrected chi connectivity index (χ2v) is 6.27. The minimum absolute atomic E-state index is 0. The number of hydrogen-bond acceptors (Lipinski definition) is 1. The molecule has 23 heavy (non-hydrogen) atoms. The van der Waals surface area contributed by atoms with Gasteiger partial charge in [-0.25, -0.2) is 13.2 Å². The third-order valence-corrected chi connectivity index (χ3v) is 3.39. The van der Waals surface area contributed by atoms with Crippen LogP contribution in [0, 0.1) is 61.7 Å². The van der Waals surface area contributed by atoms with Gasteiger partial charge in [0.05, 0.1) is 5.69 Å². The average molecular weight is 543 g/mol. The average Bonchev–Trinajstić information content (AvgIpc) is 2.36. The molecular weight excluding hydrogens is 525 g/mol. The zero-order valence-corrected chi connectivity index (χ0v) is 17.5. The van der Waals surface area contributed by atoms with Crippen molar-refractivity contribution in [2.75, 3.05) is 4.90 Å². The van der Waals surface area contributed by atoms with Gasteiger partial charge in [-0.15, -0.1) is 5.56 Å². The van der Waals surface area contributed by atoms with E-state index in [4.69, 9.17) is 0 Å². The van der Waals surface area contributed by atoms with E-state index in [2.05, 4.69) is 33.9 Å². The SMILES string of the molecule is [CH2-]N(Cc1[c-]ccc(C(C)(C)C)c1)c1c(F)cc(F)cc1F.[U+2]. The molecule has 0 atom stereocenters. The Morgan fingerprint density at radius 2 is 1.65 bits per heavy atom. The number of anilines is 1. The van der Waals surface area contributed by atoms with Gasteiger partial charge in [0.1, 0.15) is 17.5 Å². The monoisotopic (exact) mass is 543 g/mol. The van der Waals surface area contributed by atoms with Gasteiger partial charge in [-0.05, 0) is 12.0 Å². The molecule has 0 N–H and O–H groups in total. The Kier molecular flexibility index (Phi) is 6.80. The van der Waals surface area contributed by atoms with Crippen LogP contribution >= 0.6 is 0 Å². The topological polar surface area (TPSA) is 3.24 Å². The molecule has 2 aromatic rings. The van der Waals surface area contributed by atoms with E-state index in [1.807, 2.05) is 12.1 Å². The molecule has 0 saturated heterocycles. The van der Waals surface area contributed by atoms with Crippen molar-refractivity contribution in [1.82, 2.24) is 0 Å². The van der Waals surface area contributed by atoms with Crippen LogP contribution < -0.4 is 4.90 Å². The maximum atomic E-state index is 13.8. The summed E-state index contributed by atoms with van der Waals surface area (Å²) < 4.78 is 40.5. The molecule has 120 valence electrons. The van der Waals surface area contributed by atoms with Gasteiger partial charge in [0.15, 0.2) is 0 Å². The van der Waals surface area contributed by atoms with Gasteiger partial charge in [-0.1, -0.05) is 20.8 Å². The fourth-order valence-corrected chi connectivity index (χ4v) is 2.20. The molecule has 0 heterocycles. The van der Waals surface area contributed by atoms with Crippen molar-refractivity contribution in [1.29, 1.82) is 0 Å². The fraction of sp³-hybridized carbons (Fsp3) is 0.278. The quantitative estimate of drug-likeness (QED) is 0.493. The van der Waals surface area contributed by atoms with Crippen LogP contribution in [0.3, 0.4) is 0 Å². The molecule has 1 nitrogen and oxygen atoms in total. The van der Waals surface area contributed by atoms with E-state index in [1.165, 1.54) is 4.90 Å². The molecule has 2 rings (SSSR count). The first-order valence-corrected chi connectivity index (χ1v) is 6.92. The van der Waals surface area contributed by atoms with Crippen molar-refractivity contribution in [3.63, 3.8) is 0 Å². The Labute approximate surface area is 159 Å². The predicted octanol–water partition coefficient (Wildman–Crippen LogP) is 5.00. The van der Waals surface area contributed by atoms with E-state index in [-0.39, 0.29) is 48.8 Å². The van der Waals surface area contributed by atoms with Crippen molar-refractivity contribution < 1.29 is 44.3 Å². The molecule has 0 aliphatic heterocycles. The van der Waals surface area contributed by atoms with Gasteiger partial charge in [-0.2, -0.15) is 29.8 Å². The van der Waals surface area contributed by atoms with Crippen LogP contribution in [0.25, 0.3) is 0 Å². The van der Waals surface area contributed by atoms with Crippen LogP contribution in [-0.2, 0) is 12.0 Å². The van der Waals surface area contributed by atoms with Crippen molar-refractivity contribution in [3.8, 4) is 0 Å². The molecule has 0 aliphatic carbocycles. The van der Waals surface area contributed by atoms with Gasteiger partial charge in [-0.3, -0.25) is 7.05 Å². The number of benzene rings is 2. The van der Waals surface area contributed by atoms with E-state index in [1.54, 1.807) is 6.07 Å². The van der Waals surface area contributed by atoms with Crippen LogP contribution in [0.5, 0.6) is 0 Å². The third kappa shape index (κ3) is 5.03. The van der Waals surface area contributed by atoms with Gasteiger partial charge >= 0.3 is 31.1 Å². The molecule has 0 aliphatic rings. The van der Waals surface area contributed by atoms with Crippen molar-refractivity contribution in [3.05, 3.63) is 72.0 Å². The summed E-state index contributed by atoms with van der Waals surface area (Å²) in [6.45, 7) is 6.40. The molecule has 2 aromatic carbocycles. The first kappa shape index (κ1) is 20.1. The van der Waals surface area contributed by atoms with Crippen LogP contribution in [0.1, 0.15) is 31.9 Å². The van der Waals surface area contributed by atoms with Crippen LogP contribution in [0.4, 0.5) is 18.9 Å². The summed E-state index contributed by atoms with van der Waals surface area (Å²) in [4.78, 5) is 1.17. The second kappa shape index (κ2) is 7.77. The first-order chi connectivity index (χ1) is 10.2. The van der Waals surface area contributed by atoms with Gasteiger partial charge in [0.2, 0.25) is 0 Å². The molecule has 0 fully saturated rings. The number of hydrogen-bond donors (Lipinski definition) is 0. The maximum Gasteiger partial charge on any atom is 2.00 e. The number of nitrogens with zero attached hydrogens (tertiary/aromatic N) is 1. The largest absolute Gasteiger partial charge is 2.00 e. The zero-order valence-electron chi connectivity index (χ0n) is 13.4. The Balaban J connectivity index is 0.00000264. The molecule has 0 bridgehead atoms. The Morgan fingerprint density at radius 3 is 2.17 bits per heavy atom. The Morgan fingerprint density at radius 1 is 1.09 bits per heavy atom. The van der Waals surface area contributed by atoms with E-state index in [0.29, 0.717) is 12.1 Å². The van der Waals surface area contributed by atoms with Gasteiger partial charge in [0, 0.05) is 12.1 Å². The van der Waals surface area contributed by atoms with Crippen molar-refractivity contribution in [2.45, 2.75) is 32.7 Å². The van der Waals surface area contributed by atoms with Crippen molar-refractivity contribution >= 4 is 5.69 Å². The summed E-state index contributed by atoms with van der Waals surface area (Å²) in [5, 5.41) is 0. The summed E-state index contributed by atoms with van der Waals surface area (Å²) in [5.41, 5.74) is 1.46. The van der Waals surface area contributed by atoms with Crippen LogP contribution in [0.15, 0.2) is 30.3 Å². The minimum Gasteiger partial charge on any atom is -0.519 e. The van der Waals surface area contributed by atoms with E-state index >= 15 is 0 Å². The predicted molar refractivity (Wildman–Crippen MR) is 81.8 cm³/mol. The van der Waals surface area contributed by atoms with Gasteiger partial charge < -0.3 is 4.90 Å². The molecule has 0 amide bonds. The molecule has 5 heteroatoms. The van der Waals surface area contributed by atoms with E-state index in [9.17, 15) is 13.2 Å². The second-order valence-electron chi connectivity index (χ2n) is 6.27. The molecule has 0 aromatic heterocycles. The van der Waals surface area contributed by atoms with Gasteiger partial charge in [0.25, 0.3) is 0 Å². The smallest absolute Gasteiger partial charge is 0.519 e. The van der Waals surface area contributed by atoms with Crippen LogP contribution in [-0.4, -0.2) is 0 Å². The number of halogens is 3. The molecule has 0 radical (unpaired) electrons. The summed E-state index contributed by atoms with van der Waals surface area (Å²) in [5.74, 6) is -2.90. The molecule has 0 unspecified atom stereocenters. The maximum absolute atomic E-state index is 13.8. The summed E-state index contributed by atoms with van der Waals surface area (Å²) >= 11 is 0. The van der Waals surface area contributed by atoms with E-state index in [0.717, 1.165) is 11.1 Å². The third-order valence-electron chi connectivity index (χ3n) is 3.39. The van der Waals surface area contributed by atoms with Crippen molar-refractivity contribution in [2.24, 2.45) is 0 Å². The summed E-state index contributed by atoms with van der Waals surface area (Å²) in [6.07, 6.45) is 0. The molecule has 0 saturated carbocycles. The van der Waals surface area contributed by atoms with Crippen LogP contribution in [0.2, 0.25) is 0 Å². The summed E-state index contributed by atoms with van der Waals surface area (Å²) in [7, 11) is 3.66. The normalized spacial score (nSPS) is 11.1. The molecular formula is C18H18F3NU.